The third-order valence-electron chi connectivity index (χ3n) is 2.28. The van der Waals surface area contributed by atoms with Crippen molar-refractivity contribution in [2.45, 2.75) is 26.4 Å². The van der Waals surface area contributed by atoms with Crippen LogP contribution in [0.25, 0.3) is 5.65 Å². The first-order chi connectivity index (χ1) is 9.26. The Bertz CT molecular complexity index is 635. The lowest BCUT2D eigenvalue weighted by molar-refractivity contribution is 0.0634. The lowest BCUT2D eigenvalue weighted by atomic mass is 9.81. The van der Waals surface area contributed by atoms with Gasteiger partial charge in [0.2, 0.25) is 0 Å². The van der Waals surface area contributed by atoms with Gasteiger partial charge in [0, 0.05) is 11.7 Å². The van der Waals surface area contributed by atoms with Gasteiger partial charge in [0.15, 0.2) is 5.65 Å². The van der Waals surface area contributed by atoms with Crippen molar-refractivity contribution in [1.82, 2.24) is 14.6 Å². The third-order valence-corrected chi connectivity index (χ3v) is 2.28. The Kier molecular flexibility index (Phi) is 3.64. The summed E-state index contributed by atoms with van der Waals surface area (Å²) in [7, 11) is -1.67. The molecule has 0 saturated carbocycles. The summed E-state index contributed by atoms with van der Waals surface area (Å²) in [5.41, 5.74) is -0.193. The van der Waals surface area contributed by atoms with E-state index in [0.717, 1.165) is 0 Å². The van der Waals surface area contributed by atoms with Gasteiger partial charge in [0.1, 0.15) is 5.60 Å². The van der Waals surface area contributed by atoms with Gasteiger partial charge in [0.05, 0.1) is 0 Å². The third kappa shape index (κ3) is 3.25. The summed E-state index contributed by atoms with van der Waals surface area (Å²) in [6.45, 7) is 5.22. The number of nitrogens with one attached hydrogen (secondary N) is 1. The maximum Gasteiger partial charge on any atom is 0.492 e. The van der Waals surface area contributed by atoms with Gasteiger partial charge >= 0.3 is 13.2 Å². The lowest BCUT2D eigenvalue weighted by Gasteiger charge is -2.18. The average molecular weight is 278 g/mol. The van der Waals surface area contributed by atoms with Gasteiger partial charge < -0.3 is 14.8 Å². The van der Waals surface area contributed by atoms with E-state index in [9.17, 15) is 14.8 Å². The molecule has 106 valence electrons. The number of amides is 1. The van der Waals surface area contributed by atoms with Crippen LogP contribution in [0.3, 0.4) is 0 Å². The number of pyridine rings is 1. The number of carbonyl (C=O) groups is 1. The lowest BCUT2D eigenvalue weighted by Crippen LogP contribution is -2.31. The monoisotopic (exact) mass is 278 g/mol. The molecule has 8 nitrogen and oxygen atoms in total. The van der Waals surface area contributed by atoms with Crippen molar-refractivity contribution in [1.29, 1.82) is 0 Å². The fraction of sp³-hybridized carbons (Fsp3) is 0.364. The molecule has 2 heterocycles. The molecule has 0 aliphatic rings. The highest BCUT2D eigenvalue weighted by Crippen LogP contribution is 2.09. The van der Waals surface area contributed by atoms with Crippen molar-refractivity contribution in [3.8, 4) is 0 Å². The minimum atomic E-state index is -1.67. The second-order valence-electron chi connectivity index (χ2n) is 5.17. The van der Waals surface area contributed by atoms with E-state index < -0.39 is 18.8 Å². The number of rotatable bonds is 2. The van der Waals surface area contributed by atoms with E-state index in [4.69, 9.17) is 4.74 Å². The summed E-state index contributed by atoms with van der Waals surface area (Å²) in [5, 5.41) is 24.8. The van der Waals surface area contributed by atoms with Crippen LogP contribution in [0.4, 0.5) is 10.7 Å². The van der Waals surface area contributed by atoms with E-state index in [0.29, 0.717) is 0 Å². The molecule has 0 aliphatic carbocycles. The van der Waals surface area contributed by atoms with Crippen molar-refractivity contribution < 1.29 is 19.6 Å². The maximum atomic E-state index is 11.6. The maximum absolute atomic E-state index is 11.6. The minimum Gasteiger partial charge on any atom is -0.444 e. The molecule has 9 heteroatoms. The molecule has 20 heavy (non-hydrogen) atoms. The Morgan fingerprint density at radius 3 is 2.75 bits per heavy atom. The molecule has 0 saturated heterocycles. The molecule has 0 aromatic carbocycles. The number of fused-ring (bicyclic) bond motifs is 1. The molecule has 1 amide bonds. The van der Waals surface area contributed by atoms with E-state index in [1.165, 1.54) is 10.6 Å². The molecule has 3 N–H and O–H groups in total. The minimum absolute atomic E-state index is 0.0207. The number of aromatic nitrogens is 3. The van der Waals surface area contributed by atoms with Crippen LogP contribution in [0.15, 0.2) is 18.3 Å². The van der Waals surface area contributed by atoms with Crippen LogP contribution in [-0.2, 0) is 4.74 Å². The number of anilines is 1. The van der Waals surface area contributed by atoms with Gasteiger partial charge in [-0.1, -0.05) is 6.07 Å². The van der Waals surface area contributed by atoms with E-state index in [-0.39, 0.29) is 17.1 Å². The first kappa shape index (κ1) is 14.3. The van der Waals surface area contributed by atoms with E-state index in [1.807, 2.05) is 0 Å². The standard InChI is InChI=1S/C11H15BN4O4/c1-11(2,3)20-10(17)14-9-13-8-7(12(18)19)5-4-6-16(8)15-9/h4-6,18-19H,1-3H3,(H,14,15,17). The average Bonchev–Trinajstić information content (AvgIpc) is 2.67. The molecule has 2 aromatic rings. The summed E-state index contributed by atoms with van der Waals surface area (Å²) in [4.78, 5) is 15.6. The molecule has 0 radical (unpaired) electrons. The SMILES string of the molecule is CC(C)(C)OC(=O)Nc1nc2c(B(O)O)cccn2n1. The number of hydrogen-bond acceptors (Lipinski definition) is 6. The Morgan fingerprint density at radius 2 is 2.15 bits per heavy atom. The zero-order valence-electron chi connectivity index (χ0n) is 11.4. The highest BCUT2D eigenvalue weighted by molar-refractivity contribution is 6.60. The van der Waals surface area contributed by atoms with Crippen molar-refractivity contribution in [2.24, 2.45) is 0 Å². The Hall–Kier alpha value is -2.13. The van der Waals surface area contributed by atoms with Gasteiger partial charge in [-0.3, -0.25) is 5.32 Å². The fourth-order valence-electron chi connectivity index (χ4n) is 1.58. The molecule has 2 rings (SSSR count). The summed E-state index contributed by atoms with van der Waals surface area (Å²) in [6.07, 6.45) is 0.897. The summed E-state index contributed by atoms with van der Waals surface area (Å²) < 4.78 is 6.41. The first-order valence-corrected chi connectivity index (χ1v) is 5.98. The quantitative estimate of drug-likeness (QED) is 0.654. The number of nitrogens with zero attached hydrogens (tertiary/aromatic N) is 3. The largest absolute Gasteiger partial charge is 0.492 e. The van der Waals surface area contributed by atoms with Crippen molar-refractivity contribution in [3.63, 3.8) is 0 Å². The highest BCUT2D eigenvalue weighted by atomic mass is 16.6. The zero-order chi connectivity index (χ0) is 14.9. The van der Waals surface area contributed by atoms with Crippen LogP contribution in [-0.4, -0.2) is 43.5 Å². The van der Waals surface area contributed by atoms with Crippen LogP contribution in [0.5, 0.6) is 0 Å². The predicted molar refractivity (Wildman–Crippen MR) is 72.7 cm³/mol. The summed E-state index contributed by atoms with van der Waals surface area (Å²) in [6, 6.07) is 3.10. The molecule has 0 unspecified atom stereocenters. The van der Waals surface area contributed by atoms with Crippen molar-refractivity contribution in [2.75, 3.05) is 5.32 Å². The van der Waals surface area contributed by atoms with E-state index in [1.54, 1.807) is 33.0 Å². The summed E-state index contributed by atoms with van der Waals surface area (Å²) in [5.74, 6) is 0.0207. The van der Waals surface area contributed by atoms with E-state index >= 15 is 0 Å². The van der Waals surface area contributed by atoms with Crippen LogP contribution in [0.2, 0.25) is 0 Å². The number of hydrogen-bond donors (Lipinski definition) is 3. The van der Waals surface area contributed by atoms with Gasteiger partial charge in [-0.25, -0.2) is 9.31 Å². The Balaban J connectivity index is 2.24. The van der Waals surface area contributed by atoms with E-state index in [2.05, 4.69) is 15.4 Å². The zero-order valence-corrected chi connectivity index (χ0v) is 11.4. The van der Waals surface area contributed by atoms with Gasteiger partial charge in [0.25, 0.3) is 5.95 Å². The smallest absolute Gasteiger partial charge is 0.444 e. The molecular formula is C11H15BN4O4. The van der Waals surface area contributed by atoms with Crippen molar-refractivity contribution in [3.05, 3.63) is 18.3 Å². The van der Waals surface area contributed by atoms with Gasteiger partial charge in [-0.15, -0.1) is 5.10 Å². The molecule has 2 aromatic heterocycles. The van der Waals surface area contributed by atoms with Crippen LogP contribution in [0, 0.1) is 0 Å². The van der Waals surface area contributed by atoms with Crippen LogP contribution in [0.1, 0.15) is 20.8 Å². The number of ether oxygens (including phenoxy) is 1. The first-order valence-electron chi connectivity index (χ1n) is 5.98. The molecule has 0 bridgehead atoms. The molecule has 0 atom stereocenters. The topological polar surface area (TPSA) is 109 Å². The second-order valence-corrected chi connectivity index (χ2v) is 5.17. The van der Waals surface area contributed by atoms with Gasteiger partial charge in [-0.2, -0.15) is 4.98 Å². The second kappa shape index (κ2) is 5.10. The fourth-order valence-corrected chi connectivity index (χ4v) is 1.58. The molecule has 0 aliphatic heterocycles. The Labute approximate surface area is 115 Å². The predicted octanol–water partition coefficient (Wildman–Crippen LogP) is -0.244. The van der Waals surface area contributed by atoms with Crippen LogP contribution >= 0.6 is 0 Å². The van der Waals surface area contributed by atoms with Crippen LogP contribution < -0.4 is 10.8 Å². The van der Waals surface area contributed by atoms with Crippen molar-refractivity contribution >= 4 is 30.3 Å². The molecular weight excluding hydrogens is 263 g/mol. The number of carbonyl (C=O) groups excluding carboxylic acids is 1. The normalized spacial score (nSPS) is 11.4. The highest BCUT2D eigenvalue weighted by Gasteiger charge is 2.20. The molecule has 0 fully saturated rings. The molecule has 0 spiro atoms. The summed E-state index contributed by atoms with van der Waals surface area (Å²) >= 11 is 0. The van der Waals surface area contributed by atoms with Gasteiger partial charge in [-0.05, 0) is 26.8 Å². The Morgan fingerprint density at radius 1 is 1.45 bits per heavy atom.